The predicted octanol–water partition coefficient (Wildman–Crippen LogP) is 3.09. The van der Waals surface area contributed by atoms with Crippen LogP contribution < -0.4 is 10.6 Å². The van der Waals surface area contributed by atoms with E-state index < -0.39 is 18.0 Å². The monoisotopic (exact) mass is 402 g/mol. The Labute approximate surface area is 152 Å². The van der Waals surface area contributed by atoms with E-state index in [1.165, 1.54) is 13.2 Å². The molecule has 1 heterocycles. The second-order valence-electron chi connectivity index (χ2n) is 5.38. The first kappa shape index (κ1) is 17.0. The zero-order chi connectivity index (χ0) is 18.0. The maximum absolute atomic E-state index is 12.5. The third-order valence-electron chi connectivity index (χ3n) is 3.84. The van der Waals surface area contributed by atoms with Gasteiger partial charge in [0.05, 0.1) is 24.4 Å². The van der Waals surface area contributed by atoms with Crippen LogP contribution in [0.5, 0.6) is 5.75 Å². The van der Waals surface area contributed by atoms with Gasteiger partial charge in [0.15, 0.2) is 0 Å². The quantitative estimate of drug-likeness (QED) is 0.688. The molecule has 128 valence electrons. The Morgan fingerprint density at radius 1 is 1.20 bits per heavy atom. The predicted molar refractivity (Wildman–Crippen MR) is 95.6 cm³/mol. The summed E-state index contributed by atoms with van der Waals surface area (Å²) in [6.45, 7) is 0. The summed E-state index contributed by atoms with van der Waals surface area (Å²) in [5.74, 6) is -0.639. The molecular weight excluding hydrogens is 388 g/mol. The van der Waals surface area contributed by atoms with Gasteiger partial charge in [0.25, 0.3) is 0 Å². The number of amides is 2. The number of nitrogens with one attached hydrogen (secondary N) is 2. The number of ether oxygens (including phenoxy) is 1. The van der Waals surface area contributed by atoms with E-state index in [0.29, 0.717) is 21.3 Å². The minimum Gasteiger partial charge on any atom is -0.508 e. The molecule has 0 saturated carbocycles. The molecule has 6 nitrogen and oxygen atoms in total. The Bertz CT molecular complexity index is 865. The van der Waals surface area contributed by atoms with E-state index in [4.69, 9.17) is 4.74 Å². The summed E-state index contributed by atoms with van der Waals surface area (Å²) >= 11 is 3.34. The highest BCUT2D eigenvalue weighted by Crippen LogP contribution is 2.36. The Balaban J connectivity index is 2.24. The van der Waals surface area contributed by atoms with Crippen molar-refractivity contribution in [1.82, 2.24) is 10.6 Å². The molecule has 2 aromatic carbocycles. The third-order valence-corrected chi connectivity index (χ3v) is 4.33. The zero-order valence-electron chi connectivity index (χ0n) is 13.2. The van der Waals surface area contributed by atoms with Crippen molar-refractivity contribution in [2.45, 2.75) is 6.04 Å². The van der Waals surface area contributed by atoms with Crippen LogP contribution in [-0.4, -0.2) is 24.2 Å². The number of rotatable bonds is 3. The number of halogens is 1. The average Bonchev–Trinajstić information content (AvgIpc) is 2.63. The van der Waals surface area contributed by atoms with Gasteiger partial charge in [-0.15, -0.1) is 0 Å². The molecular formula is C18H15BrN2O4. The lowest BCUT2D eigenvalue weighted by molar-refractivity contribution is -0.136. The van der Waals surface area contributed by atoms with Crippen LogP contribution in [-0.2, 0) is 9.53 Å². The van der Waals surface area contributed by atoms with Gasteiger partial charge in [-0.05, 0) is 23.8 Å². The fourth-order valence-electron chi connectivity index (χ4n) is 2.72. The number of carbonyl (C=O) groups excluding carboxylic acids is 2. The number of carbonyl (C=O) groups is 2. The second-order valence-corrected chi connectivity index (χ2v) is 6.30. The number of phenolic OH excluding ortho intramolecular Hbond substituents is 1. The molecule has 25 heavy (non-hydrogen) atoms. The number of phenols is 1. The van der Waals surface area contributed by atoms with Crippen molar-refractivity contribution in [2.24, 2.45) is 0 Å². The van der Waals surface area contributed by atoms with E-state index in [1.54, 1.807) is 36.4 Å². The summed E-state index contributed by atoms with van der Waals surface area (Å²) in [5, 5.41) is 15.6. The van der Waals surface area contributed by atoms with Crippen molar-refractivity contribution >= 4 is 33.6 Å². The SMILES string of the molecule is COC(=O)C1=C(c2ccccc2)NC(=O)NC1c1cc(Br)ccc1O. The van der Waals surface area contributed by atoms with Crippen LogP contribution >= 0.6 is 15.9 Å². The van der Waals surface area contributed by atoms with Crippen LogP contribution in [0.3, 0.4) is 0 Å². The van der Waals surface area contributed by atoms with Crippen molar-refractivity contribution < 1.29 is 19.4 Å². The topological polar surface area (TPSA) is 87.7 Å². The van der Waals surface area contributed by atoms with Crippen molar-refractivity contribution in [3.8, 4) is 5.75 Å². The molecule has 3 N–H and O–H groups in total. The number of methoxy groups -OCH3 is 1. The number of urea groups is 1. The van der Waals surface area contributed by atoms with E-state index >= 15 is 0 Å². The van der Waals surface area contributed by atoms with Crippen LogP contribution in [0, 0.1) is 0 Å². The third kappa shape index (κ3) is 3.36. The molecule has 1 unspecified atom stereocenters. The van der Waals surface area contributed by atoms with E-state index in [0.717, 1.165) is 0 Å². The second kappa shape index (κ2) is 6.98. The standard InChI is InChI=1S/C18H15BrN2O4/c1-25-17(23)14-15(10-5-3-2-4-6-10)20-18(24)21-16(14)12-9-11(19)7-8-13(12)22/h2-9,16,22H,1H3,(H2,20,21,24). The smallest absolute Gasteiger partial charge is 0.338 e. The average molecular weight is 403 g/mol. The van der Waals surface area contributed by atoms with E-state index in [1.807, 2.05) is 6.07 Å². The lowest BCUT2D eigenvalue weighted by atomic mass is 9.92. The Kier molecular flexibility index (Phi) is 4.76. The molecule has 0 spiro atoms. The largest absolute Gasteiger partial charge is 0.508 e. The van der Waals surface area contributed by atoms with Crippen molar-refractivity contribution in [2.75, 3.05) is 7.11 Å². The van der Waals surface area contributed by atoms with Crippen LogP contribution in [0.4, 0.5) is 4.79 Å². The van der Waals surface area contributed by atoms with Crippen LogP contribution in [0.2, 0.25) is 0 Å². The molecule has 7 heteroatoms. The van der Waals surface area contributed by atoms with E-state index in [-0.39, 0.29) is 11.3 Å². The minimum absolute atomic E-state index is 0.0378. The van der Waals surface area contributed by atoms with Gasteiger partial charge in [-0.2, -0.15) is 0 Å². The fourth-order valence-corrected chi connectivity index (χ4v) is 3.10. The molecule has 0 aromatic heterocycles. The highest BCUT2D eigenvalue weighted by atomic mass is 79.9. The van der Waals surface area contributed by atoms with Gasteiger partial charge in [0.1, 0.15) is 5.75 Å². The normalized spacial score (nSPS) is 16.9. The maximum atomic E-state index is 12.5. The van der Waals surface area contributed by atoms with E-state index in [2.05, 4.69) is 26.6 Å². The van der Waals surface area contributed by atoms with Gasteiger partial charge in [0.2, 0.25) is 0 Å². The first-order valence-corrected chi connectivity index (χ1v) is 8.24. The molecule has 2 aromatic rings. The summed E-state index contributed by atoms with van der Waals surface area (Å²) in [7, 11) is 1.27. The molecule has 1 aliphatic rings. The van der Waals surface area contributed by atoms with Gasteiger partial charge in [0, 0.05) is 10.0 Å². The molecule has 0 radical (unpaired) electrons. The zero-order valence-corrected chi connectivity index (χ0v) is 14.8. The van der Waals surface area contributed by atoms with Crippen LogP contribution in [0.25, 0.3) is 5.70 Å². The van der Waals surface area contributed by atoms with Crippen molar-refractivity contribution in [3.05, 3.63) is 69.7 Å². The molecule has 0 fully saturated rings. The number of hydrogen-bond acceptors (Lipinski definition) is 4. The Morgan fingerprint density at radius 3 is 2.60 bits per heavy atom. The number of benzene rings is 2. The lowest BCUT2D eigenvalue weighted by Crippen LogP contribution is -2.45. The van der Waals surface area contributed by atoms with Gasteiger partial charge in [-0.25, -0.2) is 9.59 Å². The van der Waals surface area contributed by atoms with E-state index in [9.17, 15) is 14.7 Å². The van der Waals surface area contributed by atoms with Crippen LogP contribution in [0.15, 0.2) is 58.6 Å². The summed E-state index contributed by atoms with van der Waals surface area (Å²) in [6, 6.07) is 12.5. The summed E-state index contributed by atoms with van der Waals surface area (Å²) < 4.78 is 5.62. The summed E-state index contributed by atoms with van der Waals surface area (Å²) in [5.41, 5.74) is 1.61. The summed E-state index contributed by atoms with van der Waals surface area (Å²) in [4.78, 5) is 24.7. The number of hydrogen-bond donors (Lipinski definition) is 3. The Morgan fingerprint density at radius 2 is 1.92 bits per heavy atom. The molecule has 3 rings (SSSR count). The highest BCUT2D eigenvalue weighted by Gasteiger charge is 2.35. The van der Waals surface area contributed by atoms with Crippen LogP contribution in [0.1, 0.15) is 17.2 Å². The number of aromatic hydroxyl groups is 1. The van der Waals surface area contributed by atoms with Gasteiger partial charge in [-0.1, -0.05) is 46.3 Å². The fraction of sp³-hybridized carbons (Fsp3) is 0.111. The summed E-state index contributed by atoms with van der Waals surface area (Å²) in [6.07, 6.45) is 0. The molecule has 1 atom stereocenters. The molecule has 0 bridgehead atoms. The minimum atomic E-state index is -0.853. The first-order chi connectivity index (χ1) is 12.0. The van der Waals surface area contributed by atoms with Gasteiger partial charge < -0.3 is 20.5 Å². The van der Waals surface area contributed by atoms with Crippen molar-refractivity contribution in [3.63, 3.8) is 0 Å². The molecule has 0 aliphatic carbocycles. The first-order valence-electron chi connectivity index (χ1n) is 7.45. The van der Waals surface area contributed by atoms with Crippen molar-refractivity contribution in [1.29, 1.82) is 0 Å². The number of esters is 1. The maximum Gasteiger partial charge on any atom is 0.338 e. The molecule has 0 saturated heterocycles. The molecule has 1 aliphatic heterocycles. The Hall–Kier alpha value is -2.80. The van der Waals surface area contributed by atoms with Gasteiger partial charge >= 0.3 is 12.0 Å². The van der Waals surface area contributed by atoms with Gasteiger partial charge in [-0.3, -0.25) is 0 Å². The lowest BCUT2D eigenvalue weighted by Gasteiger charge is -2.29. The highest BCUT2D eigenvalue weighted by molar-refractivity contribution is 9.10. The molecule has 2 amide bonds.